The average molecular weight is 344 g/mol. The van der Waals surface area contributed by atoms with Crippen molar-refractivity contribution in [3.05, 3.63) is 29.8 Å². The Balaban J connectivity index is 1.41. The van der Waals surface area contributed by atoms with Gasteiger partial charge < -0.3 is 15.0 Å². The van der Waals surface area contributed by atoms with Gasteiger partial charge in [-0.15, -0.1) is 0 Å². The fourth-order valence-electron chi connectivity index (χ4n) is 3.59. The third-order valence-electron chi connectivity index (χ3n) is 5.01. The van der Waals surface area contributed by atoms with Crippen LogP contribution in [0.5, 0.6) is 0 Å². The van der Waals surface area contributed by atoms with Crippen LogP contribution in [-0.4, -0.2) is 37.6 Å². The number of amides is 2. The van der Waals surface area contributed by atoms with Crippen molar-refractivity contribution in [3.63, 3.8) is 0 Å². The number of anilines is 1. The van der Waals surface area contributed by atoms with Crippen molar-refractivity contribution in [2.45, 2.75) is 57.5 Å². The van der Waals surface area contributed by atoms with Gasteiger partial charge in [0.15, 0.2) is 0 Å². The fourth-order valence-corrected chi connectivity index (χ4v) is 3.59. The summed E-state index contributed by atoms with van der Waals surface area (Å²) in [5.74, 6) is 0.0450. The molecule has 1 aromatic rings. The molecule has 1 saturated heterocycles. The van der Waals surface area contributed by atoms with Gasteiger partial charge in [0.05, 0.1) is 6.10 Å². The zero-order chi connectivity index (χ0) is 17.5. The van der Waals surface area contributed by atoms with E-state index in [0.717, 1.165) is 25.1 Å². The summed E-state index contributed by atoms with van der Waals surface area (Å²) in [6.45, 7) is 2.05. The van der Waals surface area contributed by atoms with Gasteiger partial charge in [0, 0.05) is 37.4 Å². The Kier molecular flexibility index (Phi) is 6.45. The highest BCUT2D eigenvalue weighted by Gasteiger charge is 2.22. The first-order chi connectivity index (χ1) is 12.2. The molecule has 0 atom stereocenters. The summed E-state index contributed by atoms with van der Waals surface area (Å²) in [5.41, 5.74) is 1.42. The summed E-state index contributed by atoms with van der Waals surface area (Å²) < 4.78 is 5.87. The summed E-state index contributed by atoms with van der Waals surface area (Å²) in [6, 6.07) is 7.31. The van der Waals surface area contributed by atoms with E-state index in [4.69, 9.17) is 4.74 Å². The van der Waals surface area contributed by atoms with Gasteiger partial charge in [-0.2, -0.15) is 0 Å². The van der Waals surface area contributed by atoms with Crippen LogP contribution >= 0.6 is 0 Å². The molecule has 5 heteroatoms. The van der Waals surface area contributed by atoms with Gasteiger partial charge in [-0.3, -0.25) is 9.59 Å². The van der Waals surface area contributed by atoms with E-state index in [1.165, 1.54) is 32.1 Å². The zero-order valence-corrected chi connectivity index (χ0v) is 14.8. The topological polar surface area (TPSA) is 58.6 Å². The Morgan fingerprint density at radius 1 is 1.20 bits per heavy atom. The molecular weight excluding hydrogens is 316 g/mol. The largest absolute Gasteiger partial charge is 0.378 e. The van der Waals surface area contributed by atoms with Gasteiger partial charge in [0.1, 0.15) is 0 Å². The highest BCUT2D eigenvalue weighted by atomic mass is 16.5. The number of carbonyl (C=O) groups excluding carboxylic acids is 2. The Morgan fingerprint density at radius 3 is 2.80 bits per heavy atom. The van der Waals surface area contributed by atoms with Gasteiger partial charge in [-0.25, -0.2) is 0 Å². The van der Waals surface area contributed by atoms with Crippen LogP contribution < -0.4 is 10.2 Å². The molecule has 0 unspecified atom stereocenters. The summed E-state index contributed by atoms with van der Waals surface area (Å²) >= 11 is 0. The van der Waals surface area contributed by atoms with Crippen LogP contribution in [0, 0.1) is 0 Å². The molecule has 0 aromatic heterocycles. The van der Waals surface area contributed by atoms with Crippen molar-refractivity contribution in [2.75, 3.05) is 24.6 Å². The van der Waals surface area contributed by atoms with Crippen LogP contribution in [-0.2, 0) is 9.53 Å². The third-order valence-corrected chi connectivity index (χ3v) is 5.01. The molecular formula is C20H28N2O3. The van der Waals surface area contributed by atoms with Gasteiger partial charge in [-0.05, 0) is 43.9 Å². The second-order valence-corrected chi connectivity index (χ2v) is 6.94. The number of nitrogens with zero attached hydrogens (tertiary/aromatic N) is 1. The Bertz CT molecular complexity index is 596. The van der Waals surface area contributed by atoms with Crippen molar-refractivity contribution < 1.29 is 14.3 Å². The van der Waals surface area contributed by atoms with Gasteiger partial charge in [0.2, 0.25) is 5.91 Å². The van der Waals surface area contributed by atoms with Crippen LogP contribution in [0.1, 0.15) is 61.7 Å². The minimum absolute atomic E-state index is 0.0915. The molecule has 2 fully saturated rings. The molecule has 0 radical (unpaired) electrons. The average Bonchev–Trinajstić information content (AvgIpc) is 3.08. The highest BCUT2D eigenvalue weighted by Crippen LogP contribution is 2.22. The maximum Gasteiger partial charge on any atom is 0.251 e. The lowest BCUT2D eigenvalue weighted by atomic mass is 9.98. The molecule has 5 nitrogen and oxygen atoms in total. The van der Waals surface area contributed by atoms with Crippen LogP contribution in [0.25, 0.3) is 0 Å². The first kappa shape index (κ1) is 17.9. The summed E-state index contributed by atoms with van der Waals surface area (Å²) in [7, 11) is 0. The minimum Gasteiger partial charge on any atom is -0.378 e. The summed E-state index contributed by atoms with van der Waals surface area (Å²) in [6.07, 6.45) is 8.95. The number of benzene rings is 1. The second kappa shape index (κ2) is 8.99. The predicted molar refractivity (Wildman–Crippen MR) is 97.8 cm³/mol. The minimum atomic E-state index is -0.0915. The highest BCUT2D eigenvalue weighted by molar-refractivity contribution is 5.99. The van der Waals surface area contributed by atoms with Crippen LogP contribution in [0.3, 0.4) is 0 Å². The molecule has 2 amide bonds. The van der Waals surface area contributed by atoms with E-state index in [1.807, 2.05) is 12.1 Å². The molecule has 1 N–H and O–H groups in total. The zero-order valence-electron chi connectivity index (χ0n) is 14.8. The van der Waals surface area contributed by atoms with E-state index in [0.29, 0.717) is 31.2 Å². The molecule has 1 aromatic carbocycles. The van der Waals surface area contributed by atoms with E-state index in [9.17, 15) is 9.59 Å². The molecule has 1 aliphatic heterocycles. The Hall–Kier alpha value is -1.88. The predicted octanol–water partition coefficient (Wildman–Crippen LogP) is 3.28. The van der Waals surface area contributed by atoms with Crippen molar-refractivity contribution in [2.24, 2.45) is 0 Å². The Labute approximate surface area is 149 Å². The normalized spacial score (nSPS) is 18.6. The lowest BCUT2D eigenvalue weighted by Gasteiger charge is -2.21. The number of hydrogen-bond donors (Lipinski definition) is 1. The summed E-state index contributed by atoms with van der Waals surface area (Å²) in [5, 5.41) is 2.94. The van der Waals surface area contributed by atoms with Crippen LogP contribution in [0.15, 0.2) is 24.3 Å². The molecule has 1 aliphatic carbocycles. The standard InChI is InChI=1S/C20H28N2O3/c23-19-11-5-13-22(19)17-8-4-7-16(15-17)20(24)21-12-6-14-25-18-9-2-1-3-10-18/h4,7-8,15,18H,1-3,5-6,9-14H2,(H,21,24). The van der Waals surface area contributed by atoms with Crippen LogP contribution in [0.2, 0.25) is 0 Å². The number of hydrogen-bond acceptors (Lipinski definition) is 3. The van der Waals surface area contributed by atoms with Crippen molar-refractivity contribution >= 4 is 17.5 Å². The van der Waals surface area contributed by atoms with E-state index in [-0.39, 0.29) is 11.8 Å². The van der Waals surface area contributed by atoms with Crippen molar-refractivity contribution in [1.82, 2.24) is 5.32 Å². The van der Waals surface area contributed by atoms with E-state index in [1.54, 1.807) is 17.0 Å². The number of carbonyl (C=O) groups is 2. The van der Waals surface area contributed by atoms with Crippen LogP contribution in [0.4, 0.5) is 5.69 Å². The molecule has 1 heterocycles. The maximum atomic E-state index is 12.3. The molecule has 136 valence electrons. The molecule has 1 saturated carbocycles. The maximum absolute atomic E-state index is 12.3. The van der Waals surface area contributed by atoms with Gasteiger partial charge >= 0.3 is 0 Å². The number of rotatable bonds is 7. The smallest absolute Gasteiger partial charge is 0.251 e. The molecule has 3 rings (SSSR count). The lowest BCUT2D eigenvalue weighted by molar-refractivity contribution is -0.117. The molecule has 2 aliphatic rings. The van der Waals surface area contributed by atoms with E-state index >= 15 is 0 Å². The molecule has 0 spiro atoms. The number of ether oxygens (including phenoxy) is 1. The first-order valence-electron chi connectivity index (χ1n) is 9.54. The second-order valence-electron chi connectivity index (χ2n) is 6.94. The third kappa shape index (κ3) is 5.05. The van der Waals surface area contributed by atoms with E-state index < -0.39 is 0 Å². The SMILES string of the molecule is O=C(NCCCOC1CCCCC1)c1cccc(N2CCCC2=O)c1. The van der Waals surface area contributed by atoms with E-state index in [2.05, 4.69) is 5.32 Å². The molecule has 0 bridgehead atoms. The fraction of sp³-hybridized carbons (Fsp3) is 0.600. The van der Waals surface area contributed by atoms with Crippen molar-refractivity contribution in [3.8, 4) is 0 Å². The first-order valence-corrected chi connectivity index (χ1v) is 9.54. The number of nitrogens with one attached hydrogen (secondary N) is 1. The van der Waals surface area contributed by atoms with Gasteiger partial charge in [-0.1, -0.05) is 25.3 Å². The monoisotopic (exact) mass is 344 g/mol. The van der Waals surface area contributed by atoms with Gasteiger partial charge in [0.25, 0.3) is 5.91 Å². The lowest BCUT2D eigenvalue weighted by Crippen LogP contribution is -2.27. The quantitative estimate of drug-likeness (QED) is 0.772. The summed E-state index contributed by atoms with van der Waals surface area (Å²) in [4.78, 5) is 25.9. The van der Waals surface area contributed by atoms with Crippen molar-refractivity contribution in [1.29, 1.82) is 0 Å². The molecule has 25 heavy (non-hydrogen) atoms. The Morgan fingerprint density at radius 2 is 2.04 bits per heavy atom.